The molecule has 0 unspecified atom stereocenters. The molecule has 0 saturated carbocycles. The molecule has 0 bridgehead atoms. The van der Waals surface area contributed by atoms with Crippen LogP contribution in [0.4, 0.5) is 5.69 Å². The summed E-state index contributed by atoms with van der Waals surface area (Å²) in [5, 5.41) is 14.8. The van der Waals surface area contributed by atoms with Gasteiger partial charge in [0, 0.05) is 18.3 Å². The predicted molar refractivity (Wildman–Crippen MR) is 67.6 cm³/mol. The zero-order valence-electron chi connectivity index (χ0n) is 9.82. The van der Waals surface area contributed by atoms with Gasteiger partial charge >= 0.3 is 0 Å². The molecule has 0 aliphatic rings. The summed E-state index contributed by atoms with van der Waals surface area (Å²) in [6.45, 7) is 0.655. The van der Waals surface area contributed by atoms with Crippen molar-refractivity contribution in [1.82, 2.24) is 9.78 Å². The number of nitrogens with two attached hydrogens (primary N) is 1. The largest absolute Gasteiger partial charge is 0.330 e. The molecule has 0 saturated heterocycles. The fraction of sp³-hybridized carbons (Fsp3) is 0.250. The lowest BCUT2D eigenvalue weighted by molar-refractivity contribution is -0.384. The summed E-state index contributed by atoms with van der Waals surface area (Å²) in [6, 6.07) is 6.29. The van der Waals surface area contributed by atoms with E-state index in [-0.39, 0.29) is 5.69 Å². The van der Waals surface area contributed by atoms with E-state index in [1.54, 1.807) is 23.0 Å². The van der Waals surface area contributed by atoms with Gasteiger partial charge in [-0.15, -0.1) is 0 Å². The van der Waals surface area contributed by atoms with Crippen molar-refractivity contribution < 1.29 is 4.92 Å². The maximum Gasteiger partial charge on any atom is 0.269 e. The van der Waals surface area contributed by atoms with E-state index in [4.69, 9.17) is 5.73 Å². The molecule has 2 N–H and O–H groups in total. The van der Waals surface area contributed by atoms with E-state index in [1.165, 1.54) is 12.1 Å². The Labute approximate surface area is 104 Å². The molecule has 0 fully saturated rings. The Balaban J connectivity index is 2.15. The number of non-ortho nitro benzene ring substituents is 1. The first-order valence-electron chi connectivity index (χ1n) is 5.69. The topological polar surface area (TPSA) is 87.0 Å². The smallest absolute Gasteiger partial charge is 0.269 e. The minimum Gasteiger partial charge on any atom is -0.330 e. The second-order valence-corrected chi connectivity index (χ2v) is 3.96. The Bertz CT molecular complexity index is 533. The maximum atomic E-state index is 10.5. The van der Waals surface area contributed by atoms with Gasteiger partial charge in [-0.05, 0) is 37.1 Å². The molecule has 1 aromatic heterocycles. The Morgan fingerprint density at radius 1 is 1.33 bits per heavy atom. The van der Waals surface area contributed by atoms with Gasteiger partial charge in [0.15, 0.2) is 0 Å². The lowest BCUT2D eigenvalue weighted by atomic mass is 10.2. The van der Waals surface area contributed by atoms with Crippen molar-refractivity contribution in [3.63, 3.8) is 0 Å². The van der Waals surface area contributed by atoms with Crippen molar-refractivity contribution in [2.75, 3.05) is 6.54 Å². The number of benzene rings is 1. The number of hydrogen-bond acceptors (Lipinski definition) is 4. The van der Waals surface area contributed by atoms with E-state index in [9.17, 15) is 10.1 Å². The molecule has 6 heteroatoms. The first-order valence-corrected chi connectivity index (χ1v) is 5.69. The van der Waals surface area contributed by atoms with E-state index in [1.807, 2.05) is 6.20 Å². The second kappa shape index (κ2) is 5.42. The summed E-state index contributed by atoms with van der Waals surface area (Å²) < 4.78 is 1.70. The fourth-order valence-corrected chi connectivity index (χ4v) is 1.66. The number of rotatable bonds is 5. The molecule has 94 valence electrons. The Morgan fingerprint density at radius 3 is 2.67 bits per heavy atom. The second-order valence-electron chi connectivity index (χ2n) is 3.96. The molecule has 0 amide bonds. The highest BCUT2D eigenvalue weighted by Gasteiger charge is 2.05. The molecular formula is C12H14N4O2. The Kier molecular flexibility index (Phi) is 3.69. The van der Waals surface area contributed by atoms with Crippen molar-refractivity contribution in [3.05, 3.63) is 52.3 Å². The fourth-order valence-electron chi connectivity index (χ4n) is 1.66. The van der Waals surface area contributed by atoms with Gasteiger partial charge in [-0.3, -0.25) is 10.1 Å². The quantitative estimate of drug-likeness (QED) is 0.642. The minimum atomic E-state index is -0.417. The molecule has 18 heavy (non-hydrogen) atoms. The van der Waals surface area contributed by atoms with Crippen LogP contribution in [0.1, 0.15) is 12.0 Å². The number of hydrogen-bond donors (Lipinski definition) is 1. The molecule has 1 aromatic carbocycles. The molecule has 0 spiro atoms. The van der Waals surface area contributed by atoms with Crippen molar-refractivity contribution in [2.45, 2.75) is 12.8 Å². The molecule has 2 rings (SSSR count). The third-order valence-corrected chi connectivity index (χ3v) is 2.63. The molecule has 0 aliphatic heterocycles. The van der Waals surface area contributed by atoms with Crippen LogP contribution in [0.3, 0.4) is 0 Å². The van der Waals surface area contributed by atoms with Gasteiger partial charge in [-0.25, -0.2) is 4.68 Å². The monoisotopic (exact) mass is 246 g/mol. The lowest BCUT2D eigenvalue weighted by Gasteiger charge is -2.00. The van der Waals surface area contributed by atoms with Crippen LogP contribution in [-0.4, -0.2) is 21.2 Å². The third-order valence-electron chi connectivity index (χ3n) is 2.63. The first kappa shape index (κ1) is 12.3. The van der Waals surface area contributed by atoms with Gasteiger partial charge < -0.3 is 5.73 Å². The van der Waals surface area contributed by atoms with Gasteiger partial charge in [0.25, 0.3) is 5.69 Å². The number of nitrogens with zero attached hydrogens (tertiary/aromatic N) is 3. The Morgan fingerprint density at radius 2 is 2.06 bits per heavy atom. The zero-order chi connectivity index (χ0) is 13.0. The van der Waals surface area contributed by atoms with E-state index < -0.39 is 4.92 Å². The summed E-state index contributed by atoms with van der Waals surface area (Å²) in [6.07, 6.45) is 5.52. The molecule has 2 aromatic rings. The summed E-state index contributed by atoms with van der Waals surface area (Å²) in [4.78, 5) is 10.1. The van der Waals surface area contributed by atoms with E-state index in [0.29, 0.717) is 6.54 Å². The third kappa shape index (κ3) is 2.72. The van der Waals surface area contributed by atoms with E-state index >= 15 is 0 Å². The minimum absolute atomic E-state index is 0.0780. The Hall–Kier alpha value is -2.21. The number of nitro benzene ring substituents is 1. The van der Waals surface area contributed by atoms with Crippen LogP contribution in [0, 0.1) is 10.1 Å². The lowest BCUT2D eigenvalue weighted by Crippen LogP contribution is -1.99. The summed E-state index contributed by atoms with van der Waals surface area (Å²) >= 11 is 0. The number of nitro groups is 1. The average molecular weight is 246 g/mol. The van der Waals surface area contributed by atoms with Gasteiger partial charge in [0.1, 0.15) is 0 Å². The molecular weight excluding hydrogens is 232 g/mol. The highest BCUT2D eigenvalue weighted by atomic mass is 16.6. The maximum absolute atomic E-state index is 10.5. The summed E-state index contributed by atoms with van der Waals surface area (Å²) in [5.74, 6) is 0. The van der Waals surface area contributed by atoms with Crippen molar-refractivity contribution >= 4 is 5.69 Å². The van der Waals surface area contributed by atoms with Crippen LogP contribution in [0.2, 0.25) is 0 Å². The van der Waals surface area contributed by atoms with Crippen molar-refractivity contribution in [1.29, 1.82) is 0 Å². The summed E-state index contributed by atoms with van der Waals surface area (Å²) in [5.41, 5.74) is 7.44. The van der Waals surface area contributed by atoms with E-state index in [2.05, 4.69) is 5.10 Å². The van der Waals surface area contributed by atoms with Gasteiger partial charge in [0.2, 0.25) is 0 Å². The molecule has 0 atom stereocenters. The number of aryl methyl sites for hydroxylation is 1. The molecule has 0 radical (unpaired) electrons. The molecule has 1 heterocycles. The van der Waals surface area contributed by atoms with Crippen molar-refractivity contribution in [2.24, 2.45) is 5.73 Å². The standard InChI is InChI=1S/C12H14N4O2/c13-7-1-2-10-8-14-15(9-10)11-3-5-12(6-4-11)16(17)18/h3-6,8-9H,1-2,7,13H2. The average Bonchev–Trinajstić information content (AvgIpc) is 2.85. The molecule has 6 nitrogen and oxygen atoms in total. The first-order chi connectivity index (χ1) is 8.70. The van der Waals surface area contributed by atoms with Crippen LogP contribution >= 0.6 is 0 Å². The van der Waals surface area contributed by atoms with Crippen molar-refractivity contribution in [3.8, 4) is 5.69 Å². The SMILES string of the molecule is NCCCc1cnn(-c2ccc([N+](=O)[O-])cc2)c1. The van der Waals surface area contributed by atoms with Gasteiger partial charge in [-0.2, -0.15) is 5.10 Å². The highest BCUT2D eigenvalue weighted by Crippen LogP contribution is 2.15. The predicted octanol–water partition coefficient (Wildman–Crippen LogP) is 1.67. The van der Waals surface area contributed by atoms with E-state index in [0.717, 1.165) is 24.1 Å². The summed E-state index contributed by atoms with van der Waals surface area (Å²) in [7, 11) is 0. The van der Waals surface area contributed by atoms with Gasteiger partial charge in [-0.1, -0.05) is 0 Å². The van der Waals surface area contributed by atoms with Crippen LogP contribution in [0.15, 0.2) is 36.7 Å². The van der Waals surface area contributed by atoms with Crippen LogP contribution < -0.4 is 5.73 Å². The van der Waals surface area contributed by atoms with Crippen LogP contribution in [-0.2, 0) is 6.42 Å². The van der Waals surface area contributed by atoms with Gasteiger partial charge in [0.05, 0.1) is 16.8 Å². The number of aromatic nitrogens is 2. The highest BCUT2D eigenvalue weighted by molar-refractivity contribution is 5.40. The molecule has 0 aliphatic carbocycles. The normalized spacial score (nSPS) is 10.5. The zero-order valence-corrected chi connectivity index (χ0v) is 9.82. The van der Waals surface area contributed by atoms with Crippen LogP contribution in [0.5, 0.6) is 0 Å². The van der Waals surface area contributed by atoms with Crippen LogP contribution in [0.25, 0.3) is 5.69 Å².